The lowest BCUT2D eigenvalue weighted by Crippen LogP contribution is -2.28. The Balaban J connectivity index is 1.59. The Bertz CT molecular complexity index is 1210. The molecule has 34 heavy (non-hydrogen) atoms. The molecule has 2 unspecified atom stereocenters. The SMILES string of the molecule is CCNC(=O)Nc1nc2cc(-c3cc(C)c(C4CCCC(C)(C(=O)O)CC4)c(C)c3)ccc2s1. The van der Waals surface area contributed by atoms with Gasteiger partial charge in [-0.1, -0.05) is 36.0 Å². The predicted molar refractivity (Wildman–Crippen MR) is 139 cm³/mol. The fourth-order valence-corrected chi connectivity index (χ4v) is 6.09. The van der Waals surface area contributed by atoms with Crippen LogP contribution >= 0.6 is 11.3 Å². The average molecular weight is 480 g/mol. The van der Waals surface area contributed by atoms with Gasteiger partial charge in [0.15, 0.2) is 5.13 Å². The minimum Gasteiger partial charge on any atom is -0.481 e. The van der Waals surface area contributed by atoms with E-state index < -0.39 is 11.4 Å². The summed E-state index contributed by atoms with van der Waals surface area (Å²) >= 11 is 1.46. The summed E-state index contributed by atoms with van der Waals surface area (Å²) < 4.78 is 1.03. The van der Waals surface area contributed by atoms with Crippen molar-refractivity contribution in [2.75, 3.05) is 11.9 Å². The van der Waals surface area contributed by atoms with Gasteiger partial charge < -0.3 is 10.4 Å². The molecule has 0 spiro atoms. The maximum Gasteiger partial charge on any atom is 0.321 e. The van der Waals surface area contributed by atoms with Crippen molar-refractivity contribution in [1.29, 1.82) is 0 Å². The summed E-state index contributed by atoms with van der Waals surface area (Å²) in [5.41, 5.74) is 6.40. The number of carboxylic acid groups (broad SMARTS) is 1. The number of benzene rings is 2. The van der Waals surface area contributed by atoms with Crippen LogP contribution in [0.5, 0.6) is 0 Å². The van der Waals surface area contributed by atoms with E-state index in [1.165, 1.54) is 28.0 Å². The van der Waals surface area contributed by atoms with Gasteiger partial charge in [-0.25, -0.2) is 9.78 Å². The maximum absolute atomic E-state index is 11.8. The summed E-state index contributed by atoms with van der Waals surface area (Å²) in [6.45, 7) is 8.68. The zero-order chi connectivity index (χ0) is 24.5. The Morgan fingerprint density at radius 1 is 1.12 bits per heavy atom. The number of aromatic nitrogens is 1. The topological polar surface area (TPSA) is 91.3 Å². The normalized spacial score (nSPS) is 20.6. The van der Waals surface area contributed by atoms with Crippen molar-refractivity contribution >= 4 is 38.7 Å². The largest absolute Gasteiger partial charge is 0.481 e. The number of aliphatic carboxylic acids is 1. The van der Waals surface area contributed by atoms with E-state index in [9.17, 15) is 14.7 Å². The molecule has 1 aliphatic carbocycles. The van der Waals surface area contributed by atoms with Gasteiger partial charge in [-0.2, -0.15) is 0 Å². The number of aryl methyl sites for hydroxylation is 2. The van der Waals surface area contributed by atoms with Crippen molar-refractivity contribution in [3.8, 4) is 11.1 Å². The Labute approximate surface area is 204 Å². The minimum atomic E-state index is -0.668. The molecule has 1 fully saturated rings. The van der Waals surface area contributed by atoms with Crippen molar-refractivity contribution in [3.05, 3.63) is 47.0 Å². The maximum atomic E-state index is 11.8. The molecule has 0 saturated heterocycles. The lowest BCUT2D eigenvalue weighted by molar-refractivity contribution is -0.148. The average Bonchev–Trinajstić information content (AvgIpc) is 3.06. The molecule has 6 nitrogen and oxygen atoms in total. The van der Waals surface area contributed by atoms with Crippen LogP contribution in [-0.4, -0.2) is 28.6 Å². The molecule has 0 radical (unpaired) electrons. The number of carbonyl (C=O) groups is 2. The van der Waals surface area contributed by atoms with Crippen LogP contribution in [0.2, 0.25) is 0 Å². The molecule has 180 valence electrons. The van der Waals surface area contributed by atoms with Crippen molar-refractivity contribution in [2.24, 2.45) is 5.41 Å². The van der Waals surface area contributed by atoms with Gasteiger partial charge in [-0.3, -0.25) is 10.1 Å². The first kappa shape index (κ1) is 24.2. The molecule has 4 rings (SSSR count). The highest BCUT2D eigenvalue weighted by Gasteiger charge is 2.36. The zero-order valence-corrected chi connectivity index (χ0v) is 21.1. The molecular formula is C27H33N3O3S. The number of amides is 2. The number of rotatable bonds is 5. The van der Waals surface area contributed by atoms with Crippen LogP contribution in [0.25, 0.3) is 21.3 Å². The molecule has 0 aliphatic heterocycles. The third-order valence-corrected chi connectivity index (χ3v) is 8.07. The molecule has 2 atom stereocenters. The predicted octanol–water partition coefficient (Wildman–Crippen LogP) is 6.86. The molecular weight excluding hydrogens is 446 g/mol. The molecule has 3 aromatic rings. The second-order valence-electron chi connectivity index (χ2n) is 9.70. The third-order valence-electron chi connectivity index (χ3n) is 7.12. The fourth-order valence-electron chi connectivity index (χ4n) is 5.25. The quantitative estimate of drug-likeness (QED) is 0.349. The first-order valence-corrected chi connectivity index (χ1v) is 12.8. The van der Waals surface area contributed by atoms with Crippen molar-refractivity contribution in [1.82, 2.24) is 10.3 Å². The molecule has 2 aromatic carbocycles. The smallest absolute Gasteiger partial charge is 0.321 e. The van der Waals surface area contributed by atoms with Gasteiger partial charge in [0, 0.05) is 6.54 Å². The molecule has 1 aromatic heterocycles. The molecule has 7 heteroatoms. The highest BCUT2D eigenvalue weighted by molar-refractivity contribution is 7.22. The number of anilines is 1. The first-order valence-electron chi connectivity index (χ1n) is 12.0. The van der Waals surface area contributed by atoms with Crippen LogP contribution in [0, 0.1) is 19.3 Å². The van der Waals surface area contributed by atoms with Gasteiger partial charge in [0.2, 0.25) is 0 Å². The van der Waals surface area contributed by atoms with E-state index in [4.69, 9.17) is 0 Å². The van der Waals surface area contributed by atoms with E-state index in [1.54, 1.807) is 0 Å². The number of carbonyl (C=O) groups excluding carboxylic acids is 1. The summed E-state index contributed by atoms with van der Waals surface area (Å²) in [5.74, 6) is -0.266. The Kier molecular flexibility index (Phi) is 6.94. The zero-order valence-electron chi connectivity index (χ0n) is 20.3. The number of thiazole rings is 1. The monoisotopic (exact) mass is 479 g/mol. The fraction of sp³-hybridized carbons (Fsp3) is 0.444. The lowest BCUT2D eigenvalue weighted by atomic mass is 9.80. The lowest BCUT2D eigenvalue weighted by Gasteiger charge is -2.24. The summed E-state index contributed by atoms with van der Waals surface area (Å²) in [4.78, 5) is 28.2. The Morgan fingerprint density at radius 2 is 1.85 bits per heavy atom. The highest BCUT2D eigenvalue weighted by Crippen LogP contribution is 2.43. The standard InChI is InChI=1S/C27H33N3O3S/c1-5-28-25(33)30-26-29-21-15-19(8-9-22(21)34-26)20-13-16(2)23(17(3)14-20)18-7-6-11-27(4,12-10-18)24(31)32/h8-9,13-15,18H,5-7,10-12H2,1-4H3,(H,31,32)(H2,28,29,30,33). The Morgan fingerprint density at radius 3 is 2.53 bits per heavy atom. The van der Waals surface area contributed by atoms with Gasteiger partial charge in [0.1, 0.15) is 0 Å². The van der Waals surface area contributed by atoms with E-state index in [0.717, 1.165) is 53.4 Å². The number of hydrogen-bond acceptors (Lipinski definition) is 4. The summed E-state index contributed by atoms with van der Waals surface area (Å²) in [5, 5.41) is 15.8. The second-order valence-corrected chi connectivity index (χ2v) is 10.7. The van der Waals surface area contributed by atoms with Crippen LogP contribution < -0.4 is 10.6 Å². The molecule has 1 aliphatic rings. The van der Waals surface area contributed by atoms with Crippen LogP contribution in [0.15, 0.2) is 30.3 Å². The number of fused-ring (bicyclic) bond motifs is 1. The number of hydrogen-bond donors (Lipinski definition) is 3. The van der Waals surface area contributed by atoms with Crippen molar-refractivity contribution < 1.29 is 14.7 Å². The van der Waals surface area contributed by atoms with Crippen LogP contribution in [0.3, 0.4) is 0 Å². The summed E-state index contributed by atoms with van der Waals surface area (Å²) in [6.07, 6.45) is 4.37. The third kappa shape index (κ3) is 4.94. The second kappa shape index (κ2) is 9.74. The summed E-state index contributed by atoms with van der Waals surface area (Å²) in [7, 11) is 0. The van der Waals surface area contributed by atoms with E-state index in [0.29, 0.717) is 17.6 Å². The first-order chi connectivity index (χ1) is 16.2. The van der Waals surface area contributed by atoms with E-state index >= 15 is 0 Å². The van der Waals surface area contributed by atoms with E-state index in [2.05, 4.69) is 59.8 Å². The van der Waals surface area contributed by atoms with Gasteiger partial charge in [0.05, 0.1) is 15.6 Å². The molecule has 1 saturated carbocycles. The van der Waals surface area contributed by atoms with Crippen LogP contribution in [0.4, 0.5) is 9.93 Å². The molecule has 3 N–H and O–H groups in total. The van der Waals surface area contributed by atoms with Gasteiger partial charge in [-0.05, 0) is 99.2 Å². The molecule has 2 amide bonds. The van der Waals surface area contributed by atoms with Crippen LogP contribution in [0.1, 0.15) is 68.6 Å². The van der Waals surface area contributed by atoms with Gasteiger partial charge in [-0.15, -0.1) is 0 Å². The molecule has 0 bridgehead atoms. The van der Waals surface area contributed by atoms with E-state index in [-0.39, 0.29) is 6.03 Å². The molecule has 1 heterocycles. The Hall–Kier alpha value is -2.93. The highest BCUT2D eigenvalue weighted by atomic mass is 32.1. The van der Waals surface area contributed by atoms with E-state index in [1.807, 2.05) is 13.8 Å². The van der Waals surface area contributed by atoms with Gasteiger partial charge >= 0.3 is 12.0 Å². The number of nitrogens with one attached hydrogen (secondary N) is 2. The number of nitrogens with zero attached hydrogens (tertiary/aromatic N) is 1. The van der Waals surface area contributed by atoms with Crippen LogP contribution in [-0.2, 0) is 4.79 Å². The number of urea groups is 1. The number of carboxylic acids is 1. The van der Waals surface area contributed by atoms with Gasteiger partial charge in [0.25, 0.3) is 0 Å². The van der Waals surface area contributed by atoms with Crippen molar-refractivity contribution in [3.63, 3.8) is 0 Å². The summed E-state index contributed by atoms with van der Waals surface area (Å²) in [6, 6.07) is 10.5. The minimum absolute atomic E-state index is 0.245. The van der Waals surface area contributed by atoms with Crippen molar-refractivity contribution in [2.45, 2.75) is 65.7 Å².